The molecule has 0 aromatic heterocycles. The lowest BCUT2D eigenvalue weighted by Crippen LogP contribution is -2.47. The maximum Gasteiger partial charge on any atom is 0.224 e. The molecule has 4 atom stereocenters. The van der Waals surface area contributed by atoms with E-state index in [1.807, 2.05) is 48.5 Å². The molecule has 0 bridgehead atoms. The minimum absolute atomic E-state index is 0.00306. The van der Waals surface area contributed by atoms with Gasteiger partial charge in [0.25, 0.3) is 0 Å². The van der Waals surface area contributed by atoms with Crippen LogP contribution in [0, 0.1) is 5.92 Å². The van der Waals surface area contributed by atoms with Crippen molar-refractivity contribution >= 4 is 17.5 Å². The van der Waals surface area contributed by atoms with E-state index in [1.54, 1.807) is 0 Å². The Balaban J connectivity index is 1.20. The molecule has 7 nitrogen and oxygen atoms in total. The number of carbonyl (C=O) groups excluding carboxylic acids is 2. The summed E-state index contributed by atoms with van der Waals surface area (Å²) < 4.78 is 12.2. The molecule has 2 fully saturated rings. The Labute approximate surface area is 199 Å². The van der Waals surface area contributed by atoms with E-state index in [0.29, 0.717) is 25.3 Å². The number of hydrogen-bond acceptors (Lipinski definition) is 5. The summed E-state index contributed by atoms with van der Waals surface area (Å²) in [5.74, 6) is 1.27. The number of amides is 2. The molecule has 34 heavy (non-hydrogen) atoms. The monoisotopic (exact) mass is 464 g/mol. The van der Waals surface area contributed by atoms with Gasteiger partial charge in [0.15, 0.2) is 0 Å². The highest BCUT2D eigenvalue weighted by Crippen LogP contribution is 2.47. The van der Waals surface area contributed by atoms with Gasteiger partial charge in [-0.3, -0.25) is 9.59 Å². The second kappa shape index (κ2) is 10.2. The van der Waals surface area contributed by atoms with Crippen molar-refractivity contribution in [1.29, 1.82) is 0 Å². The fourth-order valence-corrected chi connectivity index (χ4v) is 5.03. The number of aliphatic hydroxyl groups is 1. The number of nitrogens with one attached hydrogen (secondary N) is 2. The van der Waals surface area contributed by atoms with Crippen LogP contribution in [0.4, 0.5) is 5.69 Å². The van der Waals surface area contributed by atoms with Crippen LogP contribution in [0.15, 0.2) is 48.5 Å². The highest BCUT2D eigenvalue weighted by molar-refractivity contribution is 5.91. The van der Waals surface area contributed by atoms with E-state index in [4.69, 9.17) is 9.47 Å². The van der Waals surface area contributed by atoms with Crippen LogP contribution in [0.5, 0.6) is 5.75 Å². The van der Waals surface area contributed by atoms with Crippen LogP contribution < -0.4 is 15.4 Å². The van der Waals surface area contributed by atoms with Crippen molar-refractivity contribution in [2.45, 2.75) is 62.8 Å². The number of benzene rings is 2. The minimum atomic E-state index is -0.499. The van der Waals surface area contributed by atoms with Crippen LogP contribution in [0.3, 0.4) is 0 Å². The lowest BCUT2D eigenvalue weighted by atomic mass is 9.84. The molecule has 1 saturated heterocycles. The van der Waals surface area contributed by atoms with Gasteiger partial charge in [-0.25, -0.2) is 0 Å². The average Bonchev–Trinajstić information content (AvgIpc) is 3.57. The zero-order chi connectivity index (χ0) is 23.5. The van der Waals surface area contributed by atoms with E-state index in [0.717, 1.165) is 36.3 Å². The maximum atomic E-state index is 12.6. The summed E-state index contributed by atoms with van der Waals surface area (Å²) in [7, 11) is 0. The second-order valence-corrected chi connectivity index (χ2v) is 9.64. The number of ether oxygens (including phenoxy) is 2. The van der Waals surface area contributed by atoms with Gasteiger partial charge in [-0.2, -0.15) is 0 Å². The Morgan fingerprint density at radius 2 is 1.85 bits per heavy atom. The fraction of sp³-hybridized carbons (Fsp3) is 0.481. The predicted octanol–water partition coefficient (Wildman–Crippen LogP) is 3.17. The summed E-state index contributed by atoms with van der Waals surface area (Å²) in [6, 6.07) is 15.7. The molecule has 0 radical (unpaired) electrons. The topological polar surface area (TPSA) is 96.9 Å². The van der Waals surface area contributed by atoms with Crippen LogP contribution >= 0.6 is 0 Å². The van der Waals surface area contributed by atoms with E-state index in [1.165, 1.54) is 5.56 Å². The van der Waals surface area contributed by atoms with Crippen molar-refractivity contribution in [3.8, 4) is 5.75 Å². The largest absolute Gasteiger partial charge is 0.487 e. The number of hydrogen-bond donors (Lipinski definition) is 3. The van der Waals surface area contributed by atoms with Gasteiger partial charge in [0, 0.05) is 30.1 Å². The van der Waals surface area contributed by atoms with E-state index in [9.17, 15) is 14.7 Å². The minimum Gasteiger partial charge on any atom is -0.487 e. The average molecular weight is 465 g/mol. The van der Waals surface area contributed by atoms with Gasteiger partial charge >= 0.3 is 0 Å². The van der Waals surface area contributed by atoms with E-state index in [2.05, 4.69) is 10.6 Å². The normalized spacial score (nSPS) is 25.1. The summed E-state index contributed by atoms with van der Waals surface area (Å²) in [6.45, 7) is 0.396. The van der Waals surface area contributed by atoms with E-state index < -0.39 is 6.10 Å². The fourth-order valence-electron chi connectivity index (χ4n) is 5.03. The van der Waals surface area contributed by atoms with Crippen molar-refractivity contribution in [2.75, 3.05) is 18.5 Å². The predicted molar refractivity (Wildman–Crippen MR) is 128 cm³/mol. The molecule has 2 aromatic rings. The molecule has 1 saturated carbocycles. The lowest BCUT2D eigenvalue weighted by Gasteiger charge is -2.37. The molecule has 2 aromatic carbocycles. The molecule has 3 aliphatic rings. The first-order valence-corrected chi connectivity index (χ1v) is 12.3. The van der Waals surface area contributed by atoms with Gasteiger partial charge in [0.05, 0.1) is 19.1 Å². The molecule has 3 N–H and O–H groups in total. The molecule has 2 heterocycles. The summed E-state index contributed by atoms with van der Waals surface area (Å²) in [5.41, 5.74) is 2.95. The summed E-state index contributed by atoms with van der Waals surface area (Å²) in [5, 5.41) is 15.9. The molecule has 1 aliphatic carbocycles. The third-order valence-corrected chi connectivity index (χ3v) is 6.95. The highest BCUT2D eigenvalue weighted by Gasteiger charge is 2.46. The third kappa shape index (κ3) is 5.42. The zero-order valence-electron chi connectivity index (χ0n) is 19.2. The molecule has 0 unspecified atom stereocenters. The van der Waals surface area contributed by atoms with Crippen LogP contribution in [0.25, 0.3) is 0 Å². The standard InChI is InChI=1S/C27H32N2O5/c30-16-24-27-22(14-20(33-24)15-25(31)28-11-10-17-4-2-1-3-5-17)21-13-19(8-9-23(21)34-27)29-26(32)12-18-6-7-18/h1-5,8-9,13,18,20,22,24,27,30H,6-7,10-12,14-16H2,(H,28,31)(H,29,32)/t20-,22-,24+,27+/m0/s1. The molecule has 7 heteroatoms. The second-order valence-electron chi connectivity index (χ2n) is 9.64. The quantitative estimate of drug-likeness (QED) is 0.530. The van der Waals surface area contributed by atoms with Crippen molar-refractivity contribution in [1.82, 2.24) is 5.32 Å². The first-order valence-electron chi connectivity index (χ1n) is 12.3. The van der Waals surface area contributed by atoms with Crippen molar-refractivity contribution in [3.63, 3.8) is 0 Å². The van der Waals surface area contributed by atoms with Gasteiger partial charge < -0.3 is 25.2 Å². The Hall–Kier alpha value is -2.90. The zero-order valence-corrected chi connectivity index (χ0v) is 19.2. The molecule has 180 valence electrons. The molecule has 2 amide bonds. The van der Waals surface area contributed by atoms with Gasteiger partial charge in [0.2, 0.25) is 11.8 Å². The Morgan fingerprint density at radius 1 is 1.03 bits per heavy atom. The number of rotatable bonds is 9. The molecular weight excluding hydrogens is 432 g/mol. The Bertz CT molecular complexity index is 1020. The SMILES string of the molecule is O=C(C[C@@H]1C[C@H]2c3cc(NC(=O)CC4CC4)ccc3O[C@H]2[C@@H](CO)O1)NCCc1ccccc1. The van der Waals surface area contributed by atoms with E-state index >= 15 is 0 Å². The number of carbonyl (C=O) groups is 2. The van der Waals surface area contributed by atoms with Gasteiger partial charge in [-0.05, 0) is 55.4 Å². The summed E-state index contributed by atoms with van der Waals surface area (Å²) in [6.07, 6.45) is 3.38. The number of anilines is 1. The Kier molecular flexibility index (Phi) is 6.83. The van der Waals surface area contributed by atoms with Gasteiger partial charge in [-0.1, -0.05) is 30.3 Å². The van der Waals surface area contributed by atoms with Gasteiger partial charge in [-0.15, -0.1) is 0 Å². The number of fused-ring (bicyclic) bond motifs is 3. The summed E-state index contributed by atoms with van der Waals surface area (Å²) in [4.78, 5) is 24.8. The molecule has 5 rings (SSSR count). The smallest absolute Gasteiger partial charge is 0.224 e. The highest BCUT2D eigenvalue weighted by atomic mass is 16.6. The van der Waals surface area contributed by atoms with Crippen LogP contribution in [-0.2, 0) is 20.7 Å². The first-order chi connectivity index (χ1) is 16.6. The first kappa shape index (κ1) is 22.9. The molecule has 0 spiro atoms. The van der Waals surface area contributed by atoms with Crippen molar-refractivity contribution in [3.05, 3.63) is 59.7 Å². The van der Waals surface area contributed by atoms with Crippen LogP contribution in [0.2, 0.25) is 0 Å². The van der Waals surface area contributed by atoms with Crippen molar-refractivity contribution < 1.29 is 24.2 Å². The maximum absolute atomic E-state index is 12.6. The number of aliphatic hydroxyl groups excluding tert-OH is 1. The van der Waals surface area contributed by atoms with Crippen LogP contribution in [0.1, 0.15) is 49.1 Å². The summed E-state index contributed by atoms with van der Waals surface area (Å²) >= 11 is 0. The third-order valence-electron chi connectivity index (χ3n) is 6.95. The molecular formula is C27H32N2O5. The lowest BCUT2D eigenvalue weighted by molar-refractivity contribution is -0.142. The van der Waals surface area contributed by atoms with Crippen LogP contribution in [-0.4, -0.2) is 48.4 Å². The van der Waals surface area contributed by atoms with Gasteiger partial charge in [0.1, 0.15) is 18.0 Å². The molecule has 2 aliphatic heterocycles. The van der Waals surface area contributed by atoms with E-state index in [-0.39, 0.29) is 43.0 Å². The van der Waals surface area contributed by atoms with Crippen molar-refractivity contribution in [2.24, 2.45) is 5.92 Å². The Morgan fingerprint density at radius 3 is 2.62 bits per heavy atom.